The summed E-state index contributed by atoms with van der Waals surface area (Å²) in [6, 6.07) is 1.79. The molecule has 2 heterocycles. The number of carbonyl (C=O) groups excluding carboxylic acids is 1. The van der Waals surface area contributed by atoms with Crippen molar-refractivity contribution in [3.8, 4) is 5.75 Å². The highest BCUT2D eigenvalue weighted by molar-refractivity contribution is 7.12. The Morgan fingerprint density at radius 2 is 2.33 bits per heavy atom. The monoisotopic (exact) mass is 284 g/mol. The molecule has 0 aliphatic carbocycles. The van der Waals surface area contributed by atoms with Crippen molar-refractivity contribution < 1.29 is 9.53 Å². The molecule has 0 aliphatic heterocycles. The number of thiophene rings is 1. The number of carbonyl (C=O) groups is 1. The van der Waals surface area contributed by atoms with Gasteiger partial charge < -0.3 is 4.74 Å². The minimum atomic E-state index is -0.000139. The Hall–Kier alpha value is -1.33. The van der Waals surface area contributed by atoms with Crippen molar-refractivity contribution in [1.29, 1.82) is 0 Å². The lowest BCUT2D eigenvalue weighted by atomic mass is 10.1. The predicted molar refractivity (Wildman–Crippen MR) is 71.9 cm³/mol. The first-order valence-corrected chi connectivity index (χ1v) is 6.63. The lowest BCUT2D eigenvalue weighted by Crippen LogP contribution is -2.04. The minimum absolute atomic E-state index is 0.000139. The number of hydrogen-bond acceptors (Lipinski definition) is 4. The largest absolute Gasteiger partial charge is 0.495 e. The fourth-order valence-electron chi connectivity index (χ4n) is 1.78. The van der Waals surface area contributed by atoms with Crippen LogP contribution in [0.1, 0.15) is 20.9 Å². The molecule has 0 bridgehead atoms. The average molecular weight is 285 g/mol. The molecule has 4 nitrogen and oxygen atoms in total. The Morgan fingerprint density at radius 1 is 1.61 bits per heavy atom. The molecular formula is C12H13ClN2O2S. The summed E-state index contributed by atoms with van der Waals surface area (Å²) in [6.07, 6.45) is 0.245. The molecule has 0 amide bonds. The molecule has 0 aromatic carbocycles. The van der Waals surface area contributed by atoms with Gasteiger partial charge in [-0.3, -0.25) is 9.48 Å². The second-order valence-electron chi connectivity index (χ2n) is 3.90. The van der Waals surface area contributed by atoms with Gasteiger partial charge in [0.1, 0.15) is 15.8 Å². The fourth-order valence-corrected chi connectivity index (χ4v) is 2.82. The number of halogens is 1. The Kier molecular flexibility index (Phi) is 3.73. The van der Waals surface area contributed by atoms with Crippen LogP contribution in [0.15, 0.2) is 11.4 Å². The van der Waals surface area contributed by atoms with Gasteiger partial charge in [0.2, 0.25) is 0 Å². The second kappa shape index (κ2) is 5.12. The van der Waals surface area contributed by atoms with Crippen LogP contribution in [0.5, 0.6) is 5.75 Å². The fraction of sp³-hybridized carbons (Fsp3) is 0.333. The van der Waals surface area contributed by atoms with E-state index in [1.807, 2.05) is 12.3 Å². The zero-order valence-electron chi connectivity index (χ0n) is 10.4. The van der Waals surface area contributed by atoms with Crippen molar-refractivity contribution in [1.82, 2.24) is 9.78 Å². The Bertz CT molecular complexity index is 589. The number of ether oxygens (including phenoxy) is 1. The van der Waals surface area contributed by atoms with Crippen molar-refractivity contribution in [3.05, 3.63) is 32.7 Å². The summed E-state index contributed by atoms with van der Waals surface area (Å²) >= 11 is 7.49. The van der Waals surface area contributed by atoms with Crippen molar-refractivity contribution in [2.75, 3.05) is 7.11 Å². The SMILES string of the molecule is COc1ccsc1C(=O)Cc1c(C)nn(C)c1Cl. The van der Waals surface area contributed by atoms with Crippen LogP contribution >= 0.6 is 22.9 Å². The molecule has 0 radical (unpaired) electrons. The highest BCUT2D eigenvalue weighted by Crippen LogP contribution is 2.28. The maximum absolute atomic E-state index is 12.2. The highest BCUT2D eigenvalue weighted by atomic mass is 35.5. The van der Waals surface area contributed by atoms with Crippen LogP contribution in [0.25, 0.3) is 0 Å². The summed E-state index contributed by atoms with van der Waals surface area (Å²) in [4.78, 5) is 12.8. The minimum Gasteiger partial charge on any atom is -0.495 e. The summed E-state index contributed by atoms with van der Waals surface area (Å²) in [5, 5.41) is 6.54. The lowest BCUT2D eigenvalue weighted by molar-refractivity contribution is 0.0994. The number of methoxy groups -OCH3 is 1. The molecule has 2 aromatic heterocycles. The Labute approximate surface area is 114 Å². The molecule has 0 saturated carbocycles. The number of ketones is 1. The zero-order valence-corrected chi connectivity index (χ0v) is 11.9. The topological polar surface area (TPSA) is 44.1 Å². The standard InChI is InChI=1S/C12H13ClN2O2S/c1-7-8(12(13)15(2)14-7)6-9(16)11-10(17-3)4-5-18-11/h4-5H,6H2,1-3H3. The summed E-state index contributed by atoms with van der Waals surface area (Å²) in [5.41, 5.74) is 1.56. The van der Waals surface area contributed by atoms with E-state index in [0.29, 0.717) is 15.8 Å². The van der Waals surface area contributed by atoms with E-state index in [4.69, 9.17) is 16.3 Å². The molecule has 0 spiro atoms. The third-order valence-corrected chi connectivity index (χ3v) is 4.12. The summed E-state index contributed by atoms with van der Waals surface area (Å²) < 4.78 is 6.72. The number of aryl methyl sites for hydroxylation is 2. The van der Waals surface area contributed by atoms with Gasteiger partial charge in [0.25, 0.3) is 0 Å². The van der Waals surface area contributed by atoms with Crippen molar-refractivity contribution >= 4 is 28.7 Å². The number of nitrogens with zero attached hydrogens (tertiary/aromatic N) is 2. The lowest BCUT2D eigenvalue weighted by Gasteiger charge is -2.02. The first kappa shape index (κ1) is 13.1. The van der Waals surface area contributed by atoms with Crippen LogP contribution in [0, 0.1) is 6.92 Å². The van der Waals surface area contributed by atoms with Gasteiger partial charge in [-0.2, -0.15) is 5.10 Å². The predicted octanol–water partition coefficient (Wildman–Crippen LogP) is 2.88. The molecule has 0 N–H and O–H groups in total. The molecule has 0 aliphatic rings. The van der Waals surface area contributed by atoms with Gasteiger partial charge in [-0.25, -0.2) is 0 Å². The normalized spacial score (nSPS) is 10.7. The zero-order chi connectivity index (χ0) is 13.3. The van der Waals surface area contributed by atoms with Crippen LogP contribution in [0.3, 0.4) is 0 Å². The third kappa shape index (κ3) is 2.28. The van der Waals surface area contributed by atoms with Crippen molar-refractivity contribution in [2.45, 2.75) is 13.3 Å². The molecule has 0 unspecified atom stereocenters. The molecule has 0 atom stereocenters. The molecular weight excluding hydrogens is 272 g/mol. The van der Waals surface area contributed by atoms with Crippen LogP contribution in [-0.4, -0.2) is 22.7 Å². The van der Waals surface area contributed by atoms with E-state index < -0.39 is 0 Å². The van der Waals surface area contributed by atoms with E-state index >= 15 is 0 Å². The highest BCUT2D eigenvalue weighted by Gasteiger charge is 2.19. The van der Waals surface area contributed by atoms with Crippen molar-refractivity contribution in [3.63, 3.8) is 0 Å². The summed E-state index contributed by atoms with van der Waals surface area (Å²) in [6.45, 7) is 1.85. The van der Waals surface area contributed by atoms with Crippen LogP contribution in [0.4, 0.5) is 0 Å². The van der Waals surface area contributed by atoms with Crippen LogP contribution in [0.2, 0.25) is 5.15 Å². The maximum atomic E-state index is 12.2. The molecule has 6 heteroatoms. The van der Waals surface area contributed by atoms with E-state index in [9.17, 15) is 4.79 Å². The Balaban J connectivity index is 2.27. The summed E-state index contributed by atoms with van der Waals surface area (Å²) in [5.74, 6) is 0.613. The van der Waals surface area contributed by atoms with Gasteiger partial charge >= 0.3 is 0 Å². The average Bonchev–Trinajstić information content (AvgIpc) is 2.90. The smallest absolute Gasteiger partial charge is 0.181 e. The van der Waals surface area contributed by atoms with E-state index in [-0.39, 0.29) is 12.2 Å². The van der Waals surface area contributed by atoms with Gasteiger partial charge in [-0.15, -0.1) is 11.3 Å². The second-order valence-corrected chi connectivity index (χ2v) is 5.17. The maximum Gasteiger partial charge on any atom is 0.181 e. The first-order chi connectivity index (χ1) is 8.54. The molecule has 0 saturated heterocycles. The molecule has 2 aromatic rings. The molecule has 0 fully saturated rings. The van der Waals surface area contributed by atoms with Gasteiger partial charge in [0.15, 0.2) is 5.78 Å². The van der Waals surface area contributed by atoms with E-state index in [1.54, 1.807) is 24.9 Å². The number of aromatic nitrogens is 2. The summed E-state index contributed by atoms with van der Waals surface area (Å²) in [7, 11) is 3.32. The van der Waals surface area contributed by atoms with Gasteiger partial charge in [-0.05, 0) is 18.4 Å². The van der Waals surface area contributed by atoms with Crippen molar-refractivity contribution in [2.24, 2.45) is 7.05 Å². The van der Waals surface area contributed by atoms with E-state index in [1.165, 1.54) is 11.3 Å². The molecule has 18 heavy (non-hydrogen) atoms. The molecule has 96 valence electrons. The quantitative estimate of drug-likeness (QED) is 0.811. The van der Waals surface area contributed by atoms with E-state index in [0.717, 1.165) is 11.3 Å². The van der Waals surface area contributed by atoms with Gasteiger partial charge in [0.05, 0.1) is 12.8 Å². The molecule has 2 rings (SSSR count). The third-order valence-electron chi connectivity index (χ3n) is 2.71. The van der Waals surface area contributed by atoms with Gasteiger partial charge in [0, 0.05) is 19.0 Å². The number of rotatable bonds is 4. The van der Waals surface area contributed by atoms with Crippen LogP contribution < -0.4 is 4.74 Å². The van der Waals surface area contributed by atoms with Crippen LogP contribution in [-0.2, 0) is 13.5 Å². The first-order valence-electron chi connectivity index (χ1n) is 5.37. The number of Topliss-reactive ketones (excluding diaryl/α,β-unsaturated/α-hetero) is 1. The van der Waals surface area contributed by atoms with Gasteiger partial charge in [-0.1, -0.05) is 11.6 Å². The number of hydrogen-bond donors (Lipinski definition) is 0. The van der Waals surface area contributed by atoms with E-state index in [2.05, 4.69) is 5.10 Å². The Morgan fingerprint density at radius 3 is 2.89 bits per heavy atom.